The van der Waals surface area contributed by atoms with Crippen LogP contribution in [0.15, 0.2) is 29.3 Å². The van der Waals surface area contributed by atoms with Crippen LogP contribution in [-0.4, -0.2) is 50.3 Å². The topological polar surface area (TPSA) is 48.9 Å². The number of benzene rings is 1. The second-order valence-corrected chi connectivity index (χ2v) is 6.76. The molecule has 1 aliphatic carbocycles. The van der Waals surface area contributed by atoms with E-state index in [9.17, 15) is 0 Å². The first kappa shape index (κ1) is 17.2. The van der Waals surface area contributed by atoms with Crippen molar-refractivity contribution < 1.29 is 4.74 Å². The van der Waals surface area contributed by atoms with Gasteiger partial charge in [-0.3, -0.25) is 9.89 Å². The van der Waals surface area contributed by atoms with Crippen molar-refractivity contribution in [2.75, 3.05) is 33.4 Å². The summed E-state index contributed by atoms with van der Waals surface area (Å²) in [6.45, 7) is 5.57. The molecule has 0 unspecified atom stereocenters. The summed E-state index contributed by atoms with van der Waals surface area (Å²) in [6.07, 6.45) is 5.18. The lowest BCUT2D eigenvalue weighted by molar-refractivity contribution is 0.0342. The molecule has 1 aliphatic heterocycles. The Bertz CT molecular complexity index is 534. The minimum atomic E-state index is 0.587. The molecule has 1 aromatic rings. The number of nitrogens with zero attached hydrogens (tertiary/aromatic N) is 2. The van der Waals surface area contributed by atoms with Gasteiger partial charge in [-0.25, -0.2) is 0 Å². The van der Waals surface area contributed by atoms with Crippen LogP contribution in [0, 0.1) is 0 Å². The smallest absolute Gasteiger partial charge is 0.191 e. The van der Waals surface area contributed by atoms with Crippen molar-refractivity contribution in [2.24, 2.45) is 4.99 Å². The Morgan fingerprint density at radius 3 is 2.71 bits per heavy atom. The van der Waals surface area contributed by atoms with Gasteiger partial charge in [-0.2, -0.15) is 0 Å². The predicted molar refractivity (Wildman–Crippen MR) is 98.1 cm³/mol. The van der Waals surface area contributed by atoms with Crippen LogP contribution in [0.4, 0.5) is 0 Å². The molecule has 132 valence electrons. The fourth-order valence-electron chi connectivity index (χ4n) is 3.50. The molecule has 24 heavy (non-hydrogen) atoms. The van der Waals surface area contributed by atoms with E-state index in [1.54, 1.807) is 0 Å². The minimum Gasteiger partial charge on any atom is -0.379 e. The molecule has 0 radical (unpaired) electrons. The van der Waals surface area contributed by atoms with Gasteiger partial charge in [0.15, 0.2) is 5.96 Å². The molecule has 0 spiro atoms. The first-order valence-electron chi connectivity index (χ1n) is 9.18. The molecule has 3 rings (SSSR count). The zero-order valence-electron chi connectivity index (χ0n) is 14.8. The number of nitrogens with one attached hydrogen (secondary N) is 2. The molecule has 0 bridgehead atoms. The lowest BCUT2D eigenvalue weighted by Gasteiger charge is -2.26. The van der Waals surface area contributed by atoms with Crippen molar-refractivity contribution in [3.63, 3.8) is 0 Å². The molecule has 1 saturated heterocycles. The van der Waals surface area contributed by atoms with Crippen molar-refractivity contribution in [3.8, 4) is 0 Å². The van der Waals surface area contributed by atoms with Gasteiger partial charge in [-0.1, -0.05) is 37.1 Å². The van der Waals surface area contributed by atoms with Crippen LogP contribution < -0.4 is 10.6 Å². The van der Waals surface area contributed by atoms with Gasteiger partial charge in [0.25, 0.3) is 0 Å². The Morgan fingerprint density at radius 1 is 1.21 bits per heavy atom. The largest absolute Gasteiger partial charge is 0.379 e. The number of guanidine groups is 1. The number of rotatable bonds is 5. The third-order valence-electron chi connectivity index (χ3n) is 4.88. The second-order valence-electron chi connectivity index (χ2n) is 6.76. The van der Waals surface area contributed by atoms with Crippen LogP contribution in [-0.2, 0) is 17.8 Å². The molecule has 1 saturated carbocycles. The standard InChI is InChI=1S/C19H30N4O/c1-20-19(22-18-7-2-3-8-18)21-14-16-5-4-6-17(13-16)15-23-9-11-24-12-10-23/h4-6,13,18H,2-3,7-12,14-15H2,1H3,(H2,20,21,22). The summed E-state index contributed by atoms with van der Waals surface area (Å²) in [5.41, 5.74) is 2.67. The number of aliphatic imine (C=N–C) groups is 1. The summed E-state index contributed by atoms with van der Waals surface area (Å²) < 4.78 is 5.42. The third-order valence-corrected chi connectivity index (χ3v) is 4.88. The maximum atomic E-state index is 5.42. The van der Waals surface area contributed by atoms with Crippen molar-refractivity contribution in [1.82, 2.24) is 15.5 Å². The minimum absolute atomic E-state index is 0.587. The summed E-state index contributed by atoms with van der Waals surface area (Å²) in [6, 6.07) is 9.43. The molecule has 5 nitrogen and oxygen atoms in total. The summed E-state index contributed by atoms with van der Waals surface area (Å²) in [5, 5.41) is 6.98. The Kier molecular flexibility index (Phi) is 6.49. The summed E-state index contributed by atoms with van der Waals surface area (Å²) in [4.78, 5) is 6.81. The number of hydrogen-bond acceptors (Lipinski definition) is 3. The van der Waals surface area contributed by atoms with Crippen LogP contribution in [0.5, 0.6) is 0 Å². The second kappa shape index (κ2) is 9.04. The van der Waals surface area contributed by atoms with E-state index in [4.69, 9.17) is 4.74 Å². The van der Waals surface area contributed by atoms with Gasteiger partial charge in [-0.05, 0) is 24.0 Å². The average molecular weight is 330 g/mol. The third kappa shape index (κ3) is 5.21. The van der Waals surface area contributed by atoms with Crippen LogP contribution in [0.25, 0.3) is 0 Å². The molecule has 0 atom stereocenters. The summed E-state index contributed by atoms with van der Waals surface area (Å²) in [5.74, 6) is 0.917. The van der Waals surface area contributed by atoms with Gasteiger partial charge >= 0.3 is 0 Å². The lowest BCUT2D eigenvalue weighted by atomic mass is 10.1. The van der Waals surface area contributed by atoms with Gasteiger partial charge in [0.1, 0.15) is 0 Å². The summed E-state index contributed by atoms with van der Waals surface area (Å²) >= 11 is 0. The molecular weight excluding hydrogens is 300 g/mol. The quantitative estimate of drug-likeness (QED) is 0.641. The molecule has 2 fully saturated rings. The highest BCUT2D eigenvalue weighted by atomic mass is 16.5. The normalized spacial score (nSPS) is 20.3. The molecule has 2 aliphatic rings. The monoisotopic (exact) mass is 330 g/mol. The molecule has 1 aromatic carbocycles. The molecule has 0 amide bonds. The van der Waals surface area contributed by atoms with Crippen molar-refractivity contribution >= 4 is 5.96 Å². The van der Waals surface area contributed by atoms with Crippen LogP contribution in [0.1, 0.15) is 36.8 Å². The Balaban J connectivity index is 1.49. The molecule has 2 N–H and O–H groups in total. The van der Waals surface area contributed by atoms with E-state index in [1.165, 1.54) is 36.8 Å². The molecular formula is C19H30N4O. The van der Waals surface area contributed by atoms with E-state index in [0.717, 1.165) is 45.4 Å². The van der Waals surface area contributed by atoms with E-state index >= 15 is 0 Å². The fraction of sp³-hybridized carbons (Fsp3) is 0.632. The van der Waals surface area contributed by atoms with Gasteiger partial charge in [0.2, 0.25) is 0 Å². The van der Waals surface area contributed by atoms with Gasteiger partial charge < -0.3 is 15.4 Å². The van der Waals surface area contributed by atoms with E-state index in [2.05, 4.69) is 44.8 Å². The van der Waals surface area contributed by atoms with E-state index < -0.39 is 0 Å². The molecule has 0 aromatic heterocycles. The highest BCUT2D eigenvalue weighted by molar-refractivity contribution is 5.79. The summed E-state index contributed by atoms with van der Waals surface area (Å²) in [7, 11) is 1.85. The van der Waals surface area contributed by atoms with Gasteiger partial charge in [-0.15, -0.1) is 0 Å². The maximum absolute atomic E-state index is 5.42. The Hall–Kier alpha value is -1.59. The zero-order valence-corrected chi connectivity index (χ0v) is 14.8. The van der Waals surface area contributed by atoms with E-state index in [0.29, 0.717) is 6.04 Å². The molecule has 1 heterocycles. The molecule has 5 heteroatoms. The average Bonchev–Trinajstić information content (AvgIpc) is 3.13. The number of hydrogen-bond donors (Lipinski definition) is 2. The van der Waals surface area contributed by atoms with Crippen LogP contribution in [0.2, 0.25) is 0 Å². The highest BCUT2D eigenvalue weighted by Gasteiger charge is 2.16. The van der Waals surface area contributed by atoms with Crippen LogP contribution in [0.3, 0.4) is 0 Å². The number of ether oxygens (including phenoxy) is 1. The first-order chi connectivity index (χ1) is 11.8. The van der Waals surface area contributed by atoms with Crippen molar-refractivity contribution in [2.45, 2.75) is 44.8 Å². The van der Waals surface area contributed by atoms with Gasteiger partial charge in [0, 0.05) is 39.3 Å². The lowest BCUT2D eigenvalue weighted by Crippen LogP contribution is -2.41. The van der Waals surface area contributed by atoms with E-state index in [1.807, 2.05) is 7.05 Å². The zero-order chi connectivity index (χ0) is 16.6. The number of morpholine rings is 1. The maximum Gasteiger partial charge on any atom is 0.191 e. The SMILES string of the molecule is CN=C(NCc1cccc(CN2CCOCC2)c1)NC1CCCC1. The van der Waals surface area contributed by atoms with Crippen molar-refractivity contribution in [1.29, 1.82) is 0 Å². The Morgan fingerprint density at radius 2 is 1.96 bits per heavy atom. The van der Waals surface area contributed by atoms with Crippen LogP contribution >= 0.6 is 0 Å². The Labute approximate surface area is 145 Å². The van der Waals surface area contributed by atoms with Crippen molar-refractivity contribution in [3.05, 3.63) is 35.4 Å². The fourth-order valence-corrected chi connectivity index (χ4v) is 3.50. The first-order valence-corrected chi connectivity index (χ1v) is 9.18. The van der Waals surface area contributed by atoms with Gasteiger partial charge in [0.05, 0.1) is 13.2 Å². The van der Waals surface area contributed by atoms with E-state index in [-0.39, 0.29) is 0 Å². The highest BCUT2D eigenvalue weighted by Crippen LogP contribution is 2.17. The predicted octanol–water partition coefficient (Wildman–Crippen LogP) is 2.13.